The molecule has 9 nitrogen and oxygen atoms in total. The van der Waals surface area contributed by atoms with Crippen molar-refractivity contribution in [2.75, 3.05) is 26.8 Å². The maximum atomic E-state index is 13.1. The molecule has 1 saturated heterocycles. The predicted octanol–water partition coefficient (Wildman–Crippen LogP) is 0.723. The molecule has 0 aromatic carbocycles. The normalized spacial score (nSPS) is 18.9. The molecule has 2 amide bonds. The maximum Gasteiger partial charge on any atom is 0.272 e. The molecule has 0 radical (unpaired) electrons. The van der Waals surface area contributed by atoms with Crippen LogP contribution in [0.2, 0.25) is 0 Å². The molecule has 0 aliphatic carbocycles. The first-order valence-corrected chi connectivity index (χ1v) is 9.30. The van der Waals surface area contributed by atoms with Gasteiger partial charge in [0, 0.05) is 39.0 Å². The van der Waals surface area contributed by atoms with Gasteiger partial charge < -0.3 is 19.7 Å². The van der Waals surface area contributed by atoms with Crippen molar-refractivity contribution in [1.82, 2.24) is 25.0 Å². The second-order valence-electron chi connectivity index (χ2n) is 6.45. The molecular weight excluding hydrogens is 362 g/mol. The number of pyridine rings is 1. The van der Waals surface area contributed by atoms with E-state index >= 15 is 0 Å². The van der Waals surface area contributed by atoms with Crippen LogP contribution in [0.3, 0.4) is 0 Å². The summed E-state index contributed by atoms with van der Waals surface area (Å²) in [6.07, 6.45) is 4.97. The van der Waals surface area contributed by atoms with Crippen LogP contribution in [-0.4, -0.2) is 70.4 Å². The molecule has 1 aliphatic rings. The van der Waals surface area contributed by atoms with Crippen LogP contribution in [0, 0.1) is 0 Å². The summed E-state index contributed by atoms with van der Waals surface area (Å²) in [5, 5.41) is 6.98. The van der Waals surface area contributed by atoms with Gasteiger partial charge in [0.15, 0.2) is 0 Å². The Bertz CT molecular complexity index is 795. The minimum atomic E-state index is -0.619. The number of aromatic nitrogens is 3. The number of methoxy groups -OCH3 is 1. The quantitative estimate of drug-likeness (QED) is 0.671. The highest BCUT2D eigenvalue weighted by Crippen LogP contribution is 2.25. The molecule has 2 unspecified atom stereocenters. The molecule has 0 saturated carbocycles. The summed E-state index contributed by atoms with van der Waals surface area (Å²) < 4.78 is 12.6. The Morgan fingerprint density at radius 1 is 1.32 bits per heavy atom. The van der Waals surface area contributed by atoms with E-state index in [0.29, 0.717) is 44.1 Å². The number of ether oxygens (including phenoxy) is 2. The molecule has 1 fully saturated rings. The Labute approximate surface area is 163 Å². The Balaban J connectivity index is 1.77. The Morgan fingerprint density at radius 2 is 2.18 bits per heavy atom. The lowest BCUT2D eigenvalue weighted by atomic mass is 10.1. The molecule has 2 aromatic rings. The number of hydrogen-bond acceptors (Lipinski definition) is 6. The lowest BCUT2D eigenvalue weighted by Crippen LogP contribution is -2.47. The highest BCUT2D eigenvalue weighted by molar-refractivity contribution is 5.96. The van der Waals surface area contributed by atoms with Gasteiger partial charge in [-0.15, -0.1) is 0 Å². The monoisotopic (exact) mass is 387 g/mol. The fourth-order valence-corrected chi connectivity index (χ4v) is 3.27. The van der Waals surface area contributed by atoms with Gasteiger partial charge in [-0.1, -0.05) is 0 Å². The summed E-state index contributed by atoms with van der Waals surface area (Å²) in [4.78, 5) is 31.4. The lowest BCUT2D eigenvalue weighted by molar-refractivity contribution is -0.125. The fourth-order valence-electron chi connectivity index (χ4n) is 3.27. The van der Waals surface area contributed by atoms with E-state index < -0.39 is 6.04 Å². The first kappa shape index (κ1) is 19.8. The SMILES string of the molecule is CCn1nccc1C(=O)N1CC(Oc2cccnc2)CC1C(=O)NCCOC. The number of nitrogens with one attached hydrogen (secondary N) is 1. The fraction of sp³-hybridized carbons (Fsp3) is 0.474. The highest BCUT2D eigenvalue weighted by atomic mass is 16.5. The molecule has 1 aliphatic heterocycles. The minimum absolute atomic E-state index is 0.217. The van der Waals surface area contributed by atoms with Crippen LogP contribution in [0.25, 0.3) is 0 Å². The summed E-state index contributed by atoms with van der Waals surface area (Å²) in [6, 6.07) is 4.63. The van der Waals surface area contributed by atoms with Gasteiger partial charge >= 0.3 is 0 Å². The van der Waals surface area contributed by atoms with Crippen LogP contribution < -0.4 is 10.1 Å². The zero-order chi connectivity index (χ0) is 19.9. The molecule has 150 valence electrons. The van der Waals surface area contributed by atoms with E-state index in [2.05, 4.69) is 15.4 Å². The van der Waals surface area contributed by atoms with Crippen molar-refractivity contribution in [3.05, 3.63) is 42.5 Å². The zero-order valence-corrected chi connectivity index (χ0v) is 16.1. The Kier molecular flexibility index (Phi) is 6.59. The molecule has 9 heteroatoms. The van der Waals surface area contributed by atoms with Crippen LogP contribution >= 0.6 is 0 Å². The number of amides is 2. The van der Waals surface area contributed by atoms with Gasteiger partial charge in [0.1, 0.15) is 23.6 Å². The molecule has 3 heterocycles. The summed E-state index contributed by atoms with van der Waals surface area (Å²) in [5.74, 6) is 0.160. The predicted molar refractivity (Wildman–Crippen MR) is 101 cm³/mol. The van der Waals surface area contributed by atoms with Crippen LogP contribution in [0.5, 0.6) is 5.75 Å². The van der Waals surface area contributed by atoms with E-state index in [1.54, 1.807) is 53.5 Å². The average Bonchev–Trinajstić information content (AvgIpc) is 3.35. The van der Waals surface area contributed by atoms with Crippen molar-refractivity contribution < 1.29 is 19.1 Å². The topological polar surface area (TPSA) is 98.6 Å². The van der Waals surface area contributed by atoms with Gasteiger partial charge in [-0.2, -0.15) is 5.10 Å². The van der Waals surface area contributed by atoms with E-state index in [4.69, 9.17) is 9.47 Å². The van der Waals surface area contributed by atoms with Crippen molar-refractivity contribution in [3.8, 4) is 5.75 Å². The smallest absolute Gasteiger partial charge is 0.272 e. The van der Waals surface area contributed by atoms with Crippen molar-refractivity contribution >= 4 is 11.8 Å². The molecule has 2 aromatic heterocycles. The number of carbonyl (C=O) groups is 2. The van der Waals surface area contributed by atoms with E-state index in [9.17, 15) is 9.59 Å². The standard InChI is InChI=1S/C19H25N5O4/c1-3-24-16(6-8-22-24)19(26)23-13-15(28-14-5-4-7-20-12-14)11-17(23)18(25)21-9-10-27-2/h4-8,12,15,17H,3,9-11,13H2,1-2H3,(H,21,25). The van der Waals surface area contributed by atoms with Crippen molar-refractivity contribution in [3.63, 3.8) is 0 Å². The molecule has 0 spiro atoms. The van der Waals surface area contributed by atoms with Crippen LogP contribution in [0.4, 0.5) is 0 Å². The van der Waals surface area contributed by atoms with Crippen molar-refractivity contribution in [1.29, 1.82) is 0 Å². The highest BCUT2D eigenvalue weighted by Gasteiger charge is 2.41. The molecule has 28 heavy (non-hydrogen) atoms. The molecule has 1 N–H and O–H groups in total. The molecule has 2 atom stereocenters. The third kappa shape index (κ3) is 4.48. The van der Waals surface area contributed by atoms with Crippen molar-refractivity contribution in [2.45, 2.75) is 32.0 Å². The number of rotatable bonds is 8. The van der Waals surface area contributed by atoms with E-state index in [1.165, 1.54) is 0 Å². The third-order valence-corrected chi connectivity index (χ3v) is 4.60. The van der Waals surface area contributed by atoms with Crippen molar-refractivity contribution in [2.24, 2.45) is 0 Å². The molecular formula is C19H25N5O4. The number of aryl methyl sites for hydroxylation is 1. The Morgan fingerprint density at radius 3 is 2.89 bits per heavy atom. The first-order valence-electron chi connectivity index (χ1n) is 9.30. The van der Waals surface area contributed by atoms with E-state index in [0.717, 1.165) is 0 Å². The van der Waals surface area contributed by atoms with E-state index in [-0.39, 0.29) is 17.9 Å². The summed E-state index contributed by atoms with van der Waals surface area (Å²) in [6.45, 7) is 3.59. The van der Waals surface area contributed by atoms with Gasteiger partial charge in [-0.05, 0) is 25.1 Å². The van der Waals surface area contributed by atoms with Gasteiger partial charge in [-0.3, -0.25) is 19.3 Å². The summed E-state index contributed by atoms with van der Waals surface area (Å²) >= 11 is 0. The van der Waals surface area contributed by atoms with Gasteiger partial charge in [-0.25, -0.2) is 0 Å². The van der Waals surface area contributed by atoms with Gasteiger partial charge in [0.2, 0.25) is 5.91 Å². The number of nitrogens with zero attached hydrogens (tertiary/aromatic N) is 4. The maximum absolute atomic E-state index is 13.1. The number of likely N-dealkylation sites (tertiary alicyclic amines) is 1. The second-order valence-corrected chi connectivity index (χ2v) is 6.45. The third-order valence-electron chi connectivity index (χ3n) is 4.60. The lowest BCUT2D eigenvalue weighted by Gasteiger charge is -2.23. The second kappa shape index (κ2) is 9.32. The summed E-state index contributed by atoms with van der Waals surface area (Å²) in [7, 11) is 1.57. The molecule has 0 bridgehead atoms. The van der Waals surface area contributed by atoms with Crippen LogP contribution in [0.1, 0.15) is 23.8 Å². The van der Waals surface area contributed by atoms with Crippen LogP contribution in [0.15, 0.2) is 36.8 Å². The average molecular weight is 387 g/mol. The zero-order valence-electron chi connectivity index (χ0n) is 16.1. The molecule has 3 rings (SSSR count). The number of hydrogen-bond donors (Lipinski definition) is 1. The Hall–Kier alpha value is -2.94. The van der Waals surface area contributed by atoms with E-state index in [1.807, 2.05) is 6.92 Å². The first-order chi connectivity index (χ1) is 13.6. The van der Waals surface area contributed by atoms with Gasteiger partial charge in [0.25, 0.3) is 5.91 Å². The largest absolute Gasteiger partial charge is 0.487 e. The number of carbonyl (C=O) groups excluding carboxylic acids is 2. The van der Waals surface area contributed by atoms with Crippen LogP contribution in [-0.2, 0) is 16.1 Å². The van der Waals surface area contributed by atoms with Gasteiger partial charge in [0.05, 0.1) is 19.3 Å². The summed E-state index contributed by atoms with van der Waals surface area (Å²) in [5.41, 5.74) is 0.458. The minimum Gasteiger partial charge on any atom is -0.487 e.